The quantitative estimate of drug-likeness (QED) is 0.767. The van der Waals surface area contributed by atoms with Crippen molar-refractivity contribution in [1.29, 1.82) is 0 Å². The van der Waals surface area contributed by atoms with Crippen LogP contribution in [0.5, 0.6) is 0 Å². The van der Waals surface area contributed by atoms with Crippen molar-refractivity contribution in [1.82, 2.24) is 15.6 Å². The number of amides is 2. The van der Waals surface area contributed by atoms with Gasteiger partial charge in [-0.2, -0.15) is 0 Å². The number of pyridine rings is 1. The van der Waals surface area contributed by atoms with Gasteiger partial charge in [-0.05, 0) is 36.6 Å². The normalized spacial score (nSPS) is 10.1. The second kappa shape index (κ2) is 8.68. The minimum atomic E-state index is -0.188. The Morgan fingerprint density at radius 3 is 2.57 bits per heavy atom. The standard InChI is InChI=1S/C18H21N3O2/c1-14-5-2-3-6-15(14)8-9-17(22)20-11-12-21-18(23)16-7-4-10-19-13-16/h2-7,10,13H,8-9,11-12H2,1H3,(H,20,22)(H,21,23). The summed E-state index contributed by atoms with van der Waals surface area (Å²) < 4.78 is 0. The molecular weight excluding hydrogens is 290 g/mol. The number of rotatable bonds is 7. The largest absolute Gasteiger partial charge is 0.354 e. The van der Waals surface area contributed by atoms with E-state index >= 15 is 0 Å². The Morgan fingerprint density at radius 2 is 1.83 bits per heavy atom. The summed E-state index contributed by atoms with van der Waals surface area (Å²) in [5.41, 5.74) is 2.90. The molecule has 1 heterocycles. The van der Waals surface area contributed by atoms with Crippen LogP contribution in [-0.2, 0) is 11.2 Å². The van der Waals surface area contributed by atoms with E-state index in [4.69, 9.17) is 0 Å². The zero-order valence-electron chi connectivity index (χ0n) is 13.2. The molecule has 0 bridgehead atoms. The number of nitrogens with one attached hydrogen (secondary N) is 2. The highest BCUT2D eigenvalue weighted by Crippen LogP contribution is 2.09. The van der Waals surface area contributed by atoms with Crippen LogP contribution in [-0.4, -0.2) is 29.9 Å². The molecule has 23 heavy (non-hydrogen) atoms. The summed E-state index contributed by atoms with van der Waals surface area (Å²) in [7, 11) is 0. The van der Waals surface area contributed by atoms with Crippen molar-refractivity contribution in [2.24, 2.45) is 0 Å². The third kappa shape index (κ3) is 5.54. The Hall–Kier alpha value is -2.69. The molecule has 0 radical (unpaired) electrons. The third-order valence-corrected chi connectivity index (χ3v) is 3.54. The molecule has 1 aromatic carbocycles. The Labute approximate surface area is 136 Å². The van der Waals surface area contributed by atoms with Crippen molar-refractivity contribution in [2.75, 3.05) is 13.1 Å². The monoisotopic (exact) mass is 311 g/mol. The van der Waals surface area contributed by atoms with Crippen LogP contribution in [0.4, 0.5) is 0 Å². The zero-order valence-corrected chi connectivity index (χ0v) is 13.2. The van der Waals surface area contributed by atoms with E-state index < -0.39 is 0 Å². The minimum absolute atomic E-state index is 0.0103. The van der Waals surface area contributed by atoms with E-state index in [-0.39, 0.29) is 11.8 Å². The van der Waals surface area contributed by atoms with Crippen LogP contribution in [0.25, 0.3) is 0 Å². The molecular formula is C18H21N3O2. The van der Waals surface area contributed by atoms with E-state index in [9.17, 15) is 9.59 Å². The lowest BCUT2D eigenvalue weighted by molar-refractivity contribution is -0.121. The third-order valence-electron chi connectivity index (χ3n) is 3.54. The van der Waals surface area contributed by atoms with Gasteiger partial charge < -0.3 is 10.6 Å². The highest BCUT2D eigenvalue weighted by atomic mass is 16.2. The van der Waals surface area contributed by atoms with Crippen LogP contribution in [0, 0.1) is 6.92 Å². The maximum absolute atomic E-state index is 11.8. The highest BCUT2D eigenvalue weighted by Gasteiger charge is 2.06. The molecule has 0 spiro atoms. The Balaban J connectivity index is 1.63. The fourth-order valence-electron chi connectivity index (χ4n) is 2.20. The summed E-state index contributed by atoms with van der Waals surface area (Å²) in [6.07, 6.45) is 4.30. The number of nitrogens with zero attached hydrogens (tertiary/aromatic N) is 1. The Bertz CT molecular complexity index is 656. The average Bonchev–Trinajstić information content (AvgIpc) is 2.58. The van der Waals surface area contributed by atoms with Gasteiger partial charge in [0.25, 0.3) is 5.91 Å². The van der Waals surface area contributed by atoms with Gasteiger partial charge in [0.2, 0.25) is 5.91 Å². The lowest BCUT2D eigenvalue weighted by Crippen LogP contribution is -2.34. The summed E-state index contributed by atoms with van der Waals surface area (Å²) in [6.45, 7) is 2.85. The zero-order chi connectivity index (χ0) is 16.5. The summed E-state index contributed by atoms with van der Waals surface area (Å²) in [4.78, 5) is 27.5. The summed E-state index contributed by atoms with van der Waals surface area (Å²) in [6, 6.07) is 11.5. The van der Waals surface area contributed by atoms with Crippen LogP contribution >= 0.6 is 0 Å². The highest BCUT2D eigenvalue weighted by molar-refractivity contribution is 5.93. The summed E-state index contributed by atoms with van der Waals surface area (Å²) in [5.74, 6) is -0.198. The molecule has 120 valence electrons. The van der Waals surface area contributed by atoms with Gasteiger partial charge in [-0.3, -0.25) is 14.6 Å². The average molecular weight is 311 g/mol. The van der Waals surface area contributed by atoms with E-state index in [0.717, 1.165) is 6.42 Å². The van der Waals surface area contributed by atoms with E-state index in [1.807, 2.05) is 31.2 Å². The molecule has 2 amide bonds. The number of carbonyl (C=O) groups excluding carboxylic acids is 2. The fourth-order valence-corrected chi connectivity index (χ4v) is 2.20. The molecule has 2 N–H and O–H groups in total. The number of aryl methyl sites for hydroxylation is 2. The van der Waals surface area contributed by atoms with Crippen molar-refractivity contribution >= 4 is 11.8 Å². The van der Waals surface area contributed by atoms with Crippen molar-refractivity contribution < 1.29 is 9.59 Å². The van der Waals surface area contributed by atoms with Gasteiger partial charge in [0.15, 0.2) is 0 Å². The van der Waals surface area contributed by atoms with E-state index in [1.165, 1.54) is 17.3 Å². The van der Waals surface area contributed by atoms with Crippen LogP contribution < -0.4 is 10.6 Å². The maximum Gasteiger partial charge on any atom is 0.252 e. The Kier molecular flexibility index (Phi) is 6.29. The Morgan fingerprint density at radius 1 is 1.04 bits per heavy atom. The van der Waals surface area contributed by atoms with Crippen LogP contribution in [0.1, 0.15) is 27.9 Å². The van der Waals surface area contributed by atoms with E-state index in [1.54, 1.807) is 18.3 Å². The van der Waals surface area contributed by atoms with Gasteiger partial charge in [0, 0.05) is 31.9 Å². The molecule has 1 aromatic heterocycles. The molecule has 2 rings (SSSR count). The molecule has 0 aliphatic rings. The topological polar surface area (TPSA) is 71.1 Å². The summed E-state index contributed by atoms with van der Waals surface area (Å²) >= 11 is 0. The molecule has 5 nitrogen and oxygen atoms in total. The fraction of sp³-hybridized carbons (Fsp3) is 0.278. The molecule has 0 saturated heterocycles. The molecule has 0 fully saturated rings. The van der Waals surface area contributed by atoms with Gasteiger partial charge in [-0.1, -0.05) is 24.3 Å². The van der Waals surface area contributed by atoms with Crippen LogP contribution in [0.3, 0.4) is 0 Å². The van der Waals surface area contributed by atoms with Crippen LogP contribution in [0.15, 0.2) is 48.8 Å². The van der Waals surface area contributed by atoms with Gasteiger partial charge in [0.1, 0.15) is 0 Å². The second-order valence-electron chi connectivity index (χ2n) is 5.27. The molecule has 0 unspecified atom stereocenters. The number of aromatic nitrogens is 1. The van der Waals surface area contributed by atoms with Crippen molar-refractivity contribution in [3.05, 3.63) is 65.5 Å². The molecule has 2 aromatic rings. The first-order valence-electron chi connectivity index (χ1n) is 7.66. The molecule has 0 atom stereocenters. The first kappa shape index (κ1) is 16.7. The number of carbonyl (C=O) groups is 2. The molecule has 5 heteroatoms. The van der Waals surface area contributed by atoms with Crippen LogP contribution in [0.2, 0.25) is 0 Å². The summed E-state index contributed by atoms with van der Waals surface area (Å²) in [5, 5.41) is 5.55. The number of benzene rings is 1. The van der Waals surface area contributed by atoms with Crippen molar-refractivity contribution in [3.8, 4) is 0 Å². The van der Waals surface area contributed by atoms with Gasteiger partial charge >= 0.3 is 0 Å². The van der Waals surface area contributed by atoms with Crippen molar-refractivity contribution in [2.45, 2.75) is 19.8 Å². The van der Waals surface area contributed by atoms with Gasteiger partial charge in [-0.15, -0.1) is 0 Å². The smallest absolute Gasteiger partial charge is 0.252 e. The molecule has 0 aliphatic heterocycles. The molecule has 0 aliphatic carbocycles. The second-order valence-corrected chi connectivity index (χ2v) is 5.27. The van der Waals surface area contributed by atoms with E-state index in [0.29, 0.717) is 25.1 Å². The van der Waals surface area contributed by atoms with Gasteiger partial charge in [-0.25, -0.2) is 0 Å². The predicted molar refractivity (Wildman–Crippen MR) is 89.1 cm³/mol. The maximum atomic E-state index is 11.8. The SMILES string of the molecule is Cc1ccccc1CCC(=O)NCCNC(=O)c1cccnc1. The van der Waals surface area contributed by atoms with Gasteiger partial charge in [0.05, 0.1) is 5.56 Å². The lowest BCUT2D eigenvalue weighted by atomic mass is 10.0. The first-order chi connectivity index (χ1) is 11.2. The number of hydrogen-bond donors (Lipinski definition) is 2. The predicted octanol–water partition coefficient (Wildman–Crippen LogP) is 1.87. The number of hydrogen-bond acceptors (Lipinski definition) is 3. The molecule has 0 saturated carbocycles. The first-order valence-corrected chi connectivity index (χ1v) is 7.66. The van der Waals surface area contributed by atoms with E-state index in [2.05, 4.69) is 15.6 Å². The lowest BCUT2D eigenvalue weighted by Gasteiger charge is -2.08. The van der Waals surface area contributed by atoms with Crippen molar-refractivity contribution in [3.63, 3.8) is 0 Å². The minimum Gasteiger partial charge on any atom is -0.354 e.